The maximum atomic E-state index is 5.92. The van der Waals surface area contributed by atoms with Gasteiger partial charge in [0.2, 0.25) is 0 Å². The zero-order chi connectivity index (χ0) is 12.5. The Labute approximate surface area is 104 Å². The van der Waals surface area contributed by atoms with Gasteiger partial charge in [0.05, 0.1) is 0 Å². The highest BCUT2D eigenvalue weighted by molar-refractivity contribution is 5.69. The van der Waals surface area contributed by atoms with Crippen LogP contribution in [0.1, 0.15) is 12.2 Å². The van der Waals surface area contributed by atoms with E-state index in [-0.39, 0.29) is 6.04 Å². The second kappa shape index (κ2) is 4.34. The third kappa shape index (κ3) is 1.92. The van der Waals surface area contributed by atoms with E-state index in [2.05, 4.69) is 25.0 Å². The third-order valence-electron chi connectivity index (χ3n) is 2.97. The molecule has 7 heteroatoms. The molecular weight excluding hydrogens is 232 g/mol. The van der Waals surface area contributed by atoms with Gasteiger partial charge >= 0.3 is 0 Å². The molecule has 1 aliphatic rings. The van der Waals surface area contributed by atoms with Crippen molar-refractivity contribution in [3.8, 4) is 11.5 Å². The minimum absolute atomic E-state index is 0.192. The Balaban J connectivity index is 2.00. The van der Waals surface area contributed by atoms with Crippen LogP contribution in [0.4, 0.5) is 5.82 Å². The van der Waals surface area contributed by atoms with E-state index in [1.54, 1.807) is 13.1 Å². The summed E-state index contributed by atoms with van der Waals surface area (Å²) in [6.07, 6.45) is 4.18. The number of aryl methyl sites for hydroxylation is 1. The summed E-state index contributed by atoms with van der Waals surface area (Å²) in [6.45, 7) is 3.46. The number of hydrogen-bond donors (Lipinski definition) is 1. The Bertz CT molecular complexity index is 554. The fourth-order valence-electron chi connectivity index (χ4n) is 2.11. The van der Waals surface area contributed by atoms with Gasteiger partial charge in [-0.25, -0.2) is 9.97 Å². The van der Waals surface area contributed by atoms with Crippen molar-refractivity contribution in [2.45, 2.75) is 19.4 Å². The second-order valence-corrected chi connectivity index (χ2v) is 4.40. The van der Waals surface area contributed by atoms with E-state index in [9.17, 15) is 0 Å². The van der Waals surface area contributed by atoms with Crippen LogP contribution in [0.2, 0.25) is 0 Å². The molecule has 0 aromatic carbocycles. The lowest BCUT2D eigenvalue weighted by Crippen LogP contribution is -2.27. The molecule has 0 saturated carbocycles. The minimum Gasteiger partial charge on any atom is -0.354 e. The van der Waals surface area contributed by atoms with Gasteiger partial charge in [0.25, 0.3) is 5.89 Å². The molecule has 18 heavy (non-hydrogen) atoms. The molecule has 3 heterocycles. The summed E-state index contributed by atoms with van der Waals surface area (Å²) in [5.74, 6) is 1.85. The summed E-state index contributed by atoms with van der Waals surface area (Å²) >= 11 is 0. The summed E-state index contributed by atoms with van der Waals surface area (Å²) in [4.78, 5) is 14.7. The van der Waals surface area contributed by atoms with Gasteiger partial charge in [-0.1, -0.05) is 5.16 Å². The SMILES string of the molecule is Cc1noc(-c2cncnc2N2CC[C@@H](N)C2)n1. The second-order valence-electron chi connectivity index (χ2n) is 4.40. The molecule has 0 radical (unpaired) electrons. The van der Waals surface area contributed by atoms with Gasteiger partial charge in [-0.3, -0.25) is 0 Å². The Morgan fingerprint density at radius 2 is 2.39 bits per heavy atom. The predicted molar refractivity (Wildman–Crippen MR) is 64.9 cm³/mol. The molecule has 0 bridgehead atoms. The van der Waals surface area contributed by atoms with Crippen LogP contribution in [0.3, 0.4) is 0 Å². The van der Waals surface area contributed by atoms with Crippen molar-refractivity contribution in [3.05, 3.63) is 18.3 Å². The number of rotatable bonds is 2. The van der Waals surface area contributed by atoms with E-state index >= 15 is 0 Å². The van der Waals surface area contributed by atoms with E-state index < -0.39 is 0 Å². The summed E-state index contributed by atoms with van der Waals surface area (Å²) in [5.41, 5.74) is 6.68. The highest BCUT2D eigenvalue weighted by Gasteiger charge is 2.24. The number of hydrogen-bond acceptors (Lipinski definition) is 7. The molecule has 3 rings (SSSR count). The average Bonchev–Trinajstić information content (AvgIpc) is 2.98. The van der Waals surface area contributed by atoms with Gasteiger partial charge in [-0.05, 0) is 13.3 Å². The van der Waals surface area contributed by atoms with E-state index in [1.165, 1.54) is 6.33 Å². The van der Waals surface area contributed by atoms with E-state index in [0.717, 1.165) is 30.9 Å². The van der Waals surface area contributed by atoms with Crippen molar-refractivity contribution in [2.75, 3.05) is 18.0 Å². The van der Waals surface area contributed by atoms with Gasteiger partial charge in [0.15, 0.2) is 5.82 Å². The molecule has 94 valence electrons. The summed E-state index contributed by atoms with van der Waals surface area (Å²) in [5, 5.41) is 3.79. The lowest BCUT2D eigenvalue weighted by atomic mass is 10.3. The van der Waals surface area contributed by atoms with Crippen LogP contribution in [-0.4, -0.2) is 39.2 Å². The molecule has 0 spiro atoms. The van der Waals surface area contributed by atoms with Gasteiger partial charge < -0.3 is 15.2 Å². The van der Waals surface area contributed by atoms with Crippen LogP contribution in [0, 0.1) is 6.92 Å². The highest BCUT2D eigenvalue weighted by Crippen LogP contribution is 2.28. The molecule has 2 aromatic heterocycles. The van der Waals surface area contributed by atoms with Crippen LogP contribution >= 0.6 is 0 Å². The normalized spacial score (nSPS) is 19.4. The monoisotopic (exact) mass is 246 g/mol. The average molecular weight is 246 g/mol. The number of nitrogens with two attached hydrogens (primary N) is 1. The van der Waals surface area contributed by atoms with E-state index in [0.29, 0.717) is 11.7 Å². The molecule has 1 fully saturated rings. The standard InChI is InChI=1S/C11H14N6O/c1-7-15-11(18-16-7)9-4-13-6-14-10(9)17-3-2-8(12)5-17/h4,6,8H,2-3,5,12H2,1H3/t8-/m1/s1. The summed E-state index contributed by atoms with van der Waals surface area (Å²) in [7, 11) is 0. The summed E-state index contributed by atoms with van der Waals surface area (Å²) in [6, 6.07) is 0.192. The zero-order valence-electron chi connectivity index (χ0n) is 10.1. The molecule has 2 aromatic rings. The molecule has 1 saturated heterocycles. The maximum Gasteiger partial charge on any atom is 0.263 e. The molecule has 2 N–H and O–H groups in total. The molecule has 1 atom stereocenters. The van der Waals surface area contributed by atoms with Crippen LogP contribution in [0.25, 0.3) is 11.5 Å². The molecular formula is C11H14N6O. The highest BCUT2D eigenvalue weighted by atomic mass is 16.5. The van der Waals surface area contributed by atoms with Crippen LogP contribution in [0.5, 0.6) is 0 Å². The first-order valence-corrected chi connectivity index (χ1v) is 5.85. The lowest BCUT2D eigenvalue weighted by Gasteiger charge is -2.18. The van der Waals surface area contributed by atoms with Crippen LogP contribution < -0.4 is 10.6 Å². The fourth-order valence-corrected chi connectivity index (χ4v) is 2.11. The first kappa shape index (κ1) is 11.1. The Kier molecular flexibility index (Phi) is 2.67. The van der Waals surface area contributed by atoms with Crippen molar-refractivity contribution >= 4 is 5.82 Å². The minimum atomic E-state index is 0.192. The fraction of sp³-hybridized carbons (Fsp3) is 0.455. The summed E-state index contributed by atoms with van der Waals surface area (Å²) < 4.78 is 5.18. The molecule has 1 aliphatic heterocycles. The van der Waals surface area contributed by atoms with Crippen molar-refractivity contribution < 1.29 is 4.52 Å². The Morgan fingerprint density at radius 3 is 3.06 bits per heavy atom. The van der Waals surface area contributed by atoms with Gasteiger partial charge in [-0.2, -0.15) is 4.98 Å². The van der Waals surface area contributed by atoms with Gasteiger partial charge in [0.1, 0.15) is 17.7 Å². The first-order chi connectivity index (χ1) is 8.74. The van der Waals surface area contributed by atoms with Crippen molar-refractivity contribution in [1.82, 2.24) is 20.1 Å². The van der Waals surface area contributed by atoms with Gasteiger partial charge in [0, 0.05) is 25.3 Å². The van der Waals surface area contributed by atoms with E-state index in [1.807, 2.05) is 0 Å². The first-order valence-electron chi connectivity index (χ1n) is 5.85. The molecule has 0 aliphatic carbocycles. The van der Waals surface area contributed by atoms with Gasteiger partial charge in [-0.15, -0.1) is 0 Å². The Hall–Kier alpha value is -2.02. The largest absolute Gasteiger partial charge is 0.354 e. The predicted octanol–water partition coefficient (Wildman–Crippen LogP) is 0.372. The quantitative estimate of drug-likeness (QED) is 0.818. The van der Waals surface area contributed by atoms with Crippen molar-refractivity contribution in [2.24, 2.45) is 5.73 Å². The molecule has 0 unspecified atom stereocenters. The zero-order valence-corrected chi connectivity index (χ0v) is 10.1. The number of anilines is 1. The Morgan fingerprint density at radius 1 is 1.50 bits per heavy atom. The third-order valence-corrected chi connectivity index (χ3v) is 2.97. The lowest BCUT2D eigenvalue weighted by molar-refractivity contribution is 0.425. The van der Waals surface area contributed by atoms with Crippen molar-refractivity contribution in [3.63, 3.8) is 0 Å². The maximum absolute atomic E-state index is 5.92. The topological polar surface area (TPSA) is 94.0 Å². The molecule has 0 amide bonds. The number of nitrogens with zero attached hydrogens (tertiary/aromatic N) is 5. The number of aromatic nitrogens is 4. The van der Waals surface area contributed by atoms with E-state index in [4.69, 9.17) is 10.3 Å². The van der Waals surface area contributed by atoms with Crippen LogP contribution in [0.15, 0.2) is 17.0 Å². The van der Waals surface area contributed by atoms with Crippen LogP contribution in [-0.2, 0) is 0 Å². The smallest absolute Gasteiger partial charge is 0.263 e. The molecule has 7 nitrogen and oxygen atoms in total. The van der Waals surface area contributed by atoms with Crippen molar-refractivity contribution in [1.29, 1.82) is 0 Å².